The summed E-state index contributed by atoms with van der Waals surface area (Å²) in [5.41, 5.74) is 3.90. The fraction of sp³-hybridized carbons (Fsp3) is 0.348. The van der Waals surface area contributed by atoms with Crippen LogP contribution in [0.2, 0.25) is 0 Å². The first-order valence-corrected chi connectivity index (χ1v) is 10.1. The molecule has 6 heteroatoms. The summed E-state index contributed by atoms with van der Waals surface area (Å²) in [6, 6.07) is 15.5. The van der Waals surface area contributed by atoms with Gasteiger partial charge in [-0.2, -0.15) is 0 Å². The highest BCUT2D eigenvalue weighted by molar-refractivity contribution is 5.90. The van der Waals surface area contributed by atoms with E-state index in [1.54, 1.807) is 0 Å². The quantitative estimate of drug-likeness (QED) is 0.692. The van der Waals surface area contributed by atoms with Crippen LogP contribution in [0, 0.1) is 6.92 Å². The van der Waals surface area contributed by atoms with Crippen LogP contribution >= 0.6 is 0 Å². The number of fused-ring (bicyclic) bond motifs is 1. The number of aryl methyl sites for hydroxylation is 1. The van der Waals surface area contributed by atoms with Crippen LogP contribution in [0.15, 0.2) is 52.9 Å². The molecule has 29 heavy (non-hydrogen) atoms. The number of nitrogens with one attached hydrogen (secondary N) is 2. The number of carbonyl (C=O) groups excluding carboxylic acids is 1. The largest absolute Gasteiger partial charge is 0.459 e. The minimum atomic E-state index is -0.242. The summed E-state index contributed by atoms with van der Waals surface area (Å²) < 4.78 is 5.84. The second kappa shape index (κ2) is 8.17. The summed E-state index contributed by atoms with van der Waals surface area (Å²) in [4.78, 5) is 17.2. The van der Waals surface area contributed by atoms with Gasteiger partial charge >= 0.3 is 6.03 Å². The lowest BCUT2D eigenvalue weighted by molar-refractivity contribution is 0.248. The van der Waals surface area contributed by atoms with Crippen molar-refractivity contribution in [2.75, 3.05) is 43.4 Å². The minimum Gasteiger partial charge on any atom is -0.459 e. The molecule has 1 fully saturated rings. The Morgan fingerprint density at radius 3 is 2.55 bits per heavy atom. The highest BCUT2D eigenvalue weighted by atomic mass is 16.3. The molecule has 1 aliphatic heterocycles. The lowest BCUT2D eigenvalue weighted by atomic mass is 10.1. The van der Waals surface area contributed by atoms with Crippen LogP contribution < -0.4 is 15.5 Å². The van der Waals surface area contributed by atoms with Crippen molar-refractivity contribution in [3.05, 3.63) is 59.9 Å². The van der Waals surface area contributed by atoms with Gasteiger partial charge in [-0.25, -0.2) is 4.79 Å². The maximum Gasteiger partial charge on any atom is 0.319 e. The molecule has 3 aromatic rings. The van der Waals surface area contributed by atoms with Gasteiger partial charge in [0.2, 0.25) is 0 Å². The molecule has 0 spiro atoms. The van der Waals surface area contributed by atoms with Crippen LogP contribution in [0.5, 0.6) is 0 Å². The number of urea groups is 1. The Morgan fingerprint density at radius 2 is 1.83 bits per heavy atom. The molecule has 0 radical (unpaired) electrons. The second-order valence-electron chi connectivity index (χ2n) is 7.80. The number of carbonyl (C=O) groups is 1. The van der Waals surface area contributed by atoms with E-state index in [1.165, 1.54) is 5.69 Å². The molecule has 0 bridgehead atoms. The molecule has 152 valence electrons. The molecule has 6 nitrogen and oxygen atoms in total. The maximum absolute atomic E-state index is 12.5. The molecule has 2 heterocycles. The topological polar surface area (TPSA) is 60.8 Å². The average molecular weight is 393 g/mol. The van der Waals surface area contributed by atoms with Gasteiger partial charge in [-0.3, -0.25) is 0 Å². The Labute approximate surface area is 171 Å². The molecule has 2 aromatic carbocycles. The van der Waals surface area contributed by atoms with Crippen molar-refractivity contribution in [3.8, 4) is 0 Å². The normalized spacial score (nSPS) is 16.0. The first kappa shape index (κ1) is 19.3. The summed E-state index contributed by atoms with van der Waals surface area (Å²) in [6.07, 6.45) is 0. The van der Waals surface area contributed by atoms with Crippen molar-refractivity contribution in [1.29, 1.82) is 0 Å². The molecule has 0 aliphatic carbocycles. The van der Waals surface area contributed by atoms with Crippen LogP contribution in [-0.4, -0.2) is 44.2 Å². The van der Waals surface area contributed by atoms with Gasteiger partial charge in [0.15, 0.2) is 0 Å². The van der Waals surface area contributed by atoms with Gasteiger partial charge in [0.05, 0.1) is 6.04 Å². The fourth-order valence-corrected chi connectivity index (χ4v) is 3.69. The number of rotatable bonds is 4. The van der Waals surface area contributed by atoms with E-state index >= 15 is 0 Å². The zero-order valence-corrected chi connectivity index (χ0v) is 17.2. The number of para-hydroxylation sites is 1. The lowest BCUT2D eigenvalue weighted by Gasteiger charge is -2.34. The molecular weight excluding hydrogens is 364 g/mol. The Hall–Kier alpha value is -2.99. The van der Waals surface area contributed by atoms with Crippen molar-refractivity contribution in [3.63, 3.8) is 0 Å². The van der Waals surface area contributed by atoms with Crippen LogP contribution in [0.3, 0.4) is 0 Å². The lowest BCUT2D eigenvalue weighted by Crippen LogP contribution is -2.44. The second-order valence-corrected chi connectivity index (χ2v) is 7.80. The summed E-state index contributed by atoms with van der Waals surface area (Å²) in [5, 5.41) is 6.95. The standard InChI is InChI=1S/C23H28N4O2/c1-16-14-19(27-12-10-26(3)11-13-27)8-9-20(16)25-23(28)24-17(2)22-15-18-6-4-5-7-21(18)29-22/h4-9,14-15,17H,10-13H2,1-3H3,(H2,24,25,28)/t17-/m1/s1. The highest BCUT2D eigenvalue weighted by Crippen LogP contribution is 2.25. The van der Waals surface area contributed by atoms with Gasteiger partial charge < -0.3 is 24.9 Å². The minimum absolute atomic E-state index is 0.229. The smallest absolute Gasteiger partial charge is 0.319 e. The molecule has 4 rings (SSSR count). The molecule has 0 unspecified atom stereocenters. The number of amides is 2. The summed E-state index contributed by atoms with van der Waals surface area (Å²) in [6.45, 7) is 8.14. The van der Waals surface area contributed by atoms with E-state index in [1.807, 2.05) is 50.2 Å². The molecule has 1 atom stereocenters. The zero-order chi connectivity index (χ0) is 20.4. The summed E-state index contributed by atoms with van der Waals surface area (Å²) in [5.74, 6) is 0.739. The Balaban J connectivity index is 1.38. The highest BCUT2D eigenvalue weighted by Gasteiger charge is 2.17. The van der Waals surface area contributed by atoms with E-state index < -0.39 is 0 Å². The van der Waals surface area contributed by atoms with E-state index in [-0.39, 0.29) is 12.1 Å². The number of anilines is 2. The molecule has 1 saturated heterocycles. The molecule has 0 saturated carbocycles. The van der Waals surface area contributed by atoms with Gasteiger partial charge in [-0.1, -0.05) is 18.2 Å². The number of furan rings is 1. The van der Waals surface area contributed by atoms with Gasteiger partial charge in [-0.15, -0.1) is 0 Å². The molecular formula is C23H28N4O2. The number of hydrogen-bond acceptors (Lipinski definition) is 4. The predicted octanol–water partition coefficient (Wildman–Crippen LogP) is 4.38. The van der Waals surface area contributed by atoms with Crippen molar-refractivity contribution in [2.45, 2.75) is 19.9 Å². The zero-order valence-electron chi connectivity index (χ0n) is 17.2. The van der Waals surface area contributed by atoms with Crippen LogP contribution in [-0.2, 0) is 0 Å². The summed E-state index contributed by atoms with van der Waals surface area (Å²) >= 11 is 0. The van der Waals surface area contributed by atoms with E-state index in [4.69, 9.17) is 4.42 Å². The third-order valence-electron chi connectivity index (χ3n) is 5.55. The first-order valence-electron chi connectivity index (χ1n) is 10.1. The Bertz CT molecular complexity index is 972. The van der Waals surface area contributed by atoms with E-state index in [0.29, 0.717) is 0 Å². The van der Waals surface area contributed by atoms with Gasteiger partial charge in [0.1, 0.15) is 11.3 Å². The third-order valence-corrected chi connectivity index (χ3v) is 5.55. The van der Waals surface area contributed by atoms with Crippen LogP contribution in [0.1, 0.15) is 24.3 Å². The number of piperazine rings is 1. The number of hydrogen-bond donors (Lipinski definition) is 2. The number of nitrogens with zero attached hydrogens (tertiary/aromatic N) is 2. The van der Waals surface area contributed by atoms with Crippen LogP contribution in [0.25, 0.3) is 11.0 Å². The molecule has 2 amide bonds. The predicted molar refractivity (Wildman–Crippen MR) is 118 cm³/mol. The van der Waals surface area contributed by atoms with Crippen molar-refractivity contribution < 1.29 is 9.21 Å². The fourth-order valence-electron chi connectivity index (χ4n) is 3.69. The van der Waals surface area contributed by atoms with E-state index in [2.05, 4.69) is 39.6 Å². The molecule has 2 N–H and O–H groups in total. The van der Waals surface area contributed by atoms with Gasteiger partial charge in [-0.05, 0) is 56.8 Å². The van der Waals surface area contributed by atoms with Crippen molar-refractivity contribution >= 4 is 28.4 Å². The Kier molecular flexibility index (Phi) is 5.45. The average Bonchev–Trinajstić information content (AvgIpc) is 3.14. The number of benzene rings is 2. The van der Waals surface area contributed by atoms with E-state index in [9.17, 15) is 4.79 Å². The van der Waals surface area contributed by atoms with Crippen molar-refractivity contribution in [2.24, 2.45) is 0 Å². The Morgan fingerprint density at radius 1 is 1.07 bits per heavy atom. The molecule has 1 aromatic heterocycles. The molecule has 1 aliphatic rings. The summed E-state index contributed by atoms with van der Waals surface area (Å²) in [7, 11) is 2.15. The third kappa shape index (κ3) is 4.38. The first-order chi connectivity index (χ1) is 14.0. The van der Waals surface area contributed by atoms with Gasteiger partial charge in [0, 0.05) is 42.9 Å². The van der Waals surface area contributed by atoms with Gasteiger partial charge in [0.25, 0.3) is 0 Å². The SMILES string of the molecule is Cc1cc(N2CCN(C)CC2)ccc1NC(=O)N[C@H](C)c1cc2ccccc2o1. The van der Waals surface area contributed by atoms with Crippen LogP contribution in [0.4, 0.5) is 16.2 Å². The van der Waals surface area contributed by atoms with E-state index in [0.717, 1.165) is 54.2 Å². The maximum atomic E-state index is 12.5. The van der Waals surface area contributed by atoms with Crippen molar-refractivity contribution in [1.82, 2.24) is 10.2 Å². The monoisotopic (exact) mass is 392 g/mol. The number of likely N-dealkylation sites (N-methyl/N-ethyl adjacent to an activating group) is 1.